The number of carbonyl (C=O) groups excluding carboxylic acids is 1. The number of hydrogen-bond donors (Lipinski definition) is 1. The molecule has 0 saturated carbocycles. The molecule has 0 aliphatic carbocycles. The summed E-state index contributed by atoms with van der Waals surface area (Å²) in [5, 5.41) is 11.7. The van der Waals surface area contributed by atoms with Crippen molar-refractivity contribution in [1.82, 2.24) is 0 Å². The highest BCUT2D eigenvalue weighted by Gasteiger charge is 2.31. The van der Waals surface area contributed by atoms with Crippen molar-refractivity contribution in [3.63, 3.8) is 0 Å². The molecule has 2 rings (SSSR count). The van der Waals surface area contributed by atoms with Gasteiger partial charge in [-0.05, 0) is 30.7 Å². The number of alkyl halides is 3. The average Bonchev–Trinajstić information content (AvgIpc) is 2.54. The fourth-order valence-electron chi connectivity index (χ4n) is 2.02. The van der Waals surface area contributed by atoms with Crippen LogP contribution in [-0.2, 0) is 4.79 Å². The summed E-state index contributed by atoms with van der Waals surface area (Å²) in [6.07, 6.45) is -3.82. The first-order valence-corrected chi connectivity index (χ1v) is 7.13. The van der Waals surface area contributed by atoms with E-state index in [1.54, 1.807) is 37.3 Å². The van der Waals surface area contributed by atoms with Crippen LogP contribution in [0.5, 0.6) is 5.75 Å². The van der Waals surface area contributed by atoms with E-state index < -0.39 is 18.0 Å². The van der Waals surface area contributed by atoms with Crippen molar-refractivity contribution in [3.8, 4) is 11.8 Å². The van der Waals surface area contributed by atoms with Gasteiger partial charge in [0, 0.05) is 11.3 Å². The van der Waals surface area contributed by atoms with Crippen LogP contribution >= 0.6 is 0 Å². The molecule has 0 fully saturated rings. The van der Waals surface area contributed by atoms with Crippen LogP contribution in [0, 0.1) is 18.3 Å². The lowest BCUT2D eigenvalue weighted by Gasteiger charge is -2.11. The smallest absolute Gasteiger partial charge is 0.405 e. The molecule has 4 nitrogen and oxygen atoms in total. The van der Waals surface area contributed by atoms with Gasteiger partial charge in [-0.2, -0.15) is 5.26 Å². The summed E-state index contributed by atoms with van der Waals surface area (Å²) in [7, 11) is 0. The molecule has 128 valence electrons. The molecule has 1 amide bonds. The minimum Gasteiger partial charge on any atom is -0.405 e. The van der Waals surface area contributed by atoms with Gasteiger partial charge in [-0.25, -0.2) is 0 Å². The first-order valence-electron chi connectivity index (χ1n) is 7.13. The summed E-state index contributed by atoms with van der Waals surface area (Å²) in [6, 6.07) is 13.9. The van der Waals surface area contributed by atoms with Gasteiger partial charge < -0.3 is 10.1 Å². The van der Waals surface area contributed by atoms with E-state index in [1.165, 1.54) is 18.2 Å². The largest absolute Gasteiger partial charge is 0.573 e. The molecule has 1 N–H and O–H groups in total. The van der Waals surface area contributed by atoms with Crippen molar-refractivity contribution < 1.29 is 22.7 Å². The monoisotopic (exact) mass is 346 g/mol. The van der Waals surface area contributed by atoms with Crippen molar-refractivity contribution in [1.29, 1.82) is 5.26 Å². The van der Waals surface area contributed by atoms with E-state index >= 15 is 0 Å². The highest BCUT2D eigenvalue weighted by molar-refractivity contribution is 6.10. The second-order valence-electron chi connectivity index (χ2n) is 5.02. The topological polar surface area (TPSA) is 62.1 Å². The van der Waals surface area contributed by atoms with Gasteiger partial charge in [0.1, 0.15) is 17.4 Å². The first-order chi connectivity index (χ1) is 11.8. The maximum absolute atomic E-state index is 12.4. The molecule has 25 heavy (non-hydrogen) atoms. The highest BCUT2D eigenvalue weighted by Crippen LogP contribution is 2.28. The Bertz CT molecular complexity index is 852. The minimum absolute atomic E-state index is 0.0312. The zero-order chi connectivity index (χ0) is 18.4. The molecule has 0 radical (unpaired) electrons. The van der Waals surface area contributed by atoms with Crippen molar-refractivity contribution >= 4 is 17.7 Å². The summed E-state index contributed by atoms with van der Waals surface area (Å²) in [6.45, 7) is 1.78. The maximum Gasteiger partial charge on any atom is 0.573 e. The lowest BCUT2D eigenvalue weighted by molar-refractivity contribution is -0.274. The number of nitrogens with one attached hydrogen (secondary N) is 1. The van der Waals surface area contributed by atoms with Crippen LogP contribution in [0.25, 0.3) is 6.08 Å². The number of hydrogen-bond acceptors (Lipinski definition) is 3. The van der Waals surface area contributed by atoms with E-state index in [0.29, 0.717) is 5.69 Å². The Kier molecular flexibility index (Phi) is 5.45. The van der Waals surface area contributed by atoms with Gasteiger partial charge in [0.15, 0.2) is 0 Å². The van der Waals surface area contributed by atoms with Crippen LogP contribution < -0.4 is 10.1 Å². The van der Waals surface area contributed by atoms with Gasteiger partial charge in [0.2, 0.25) is 0 Å². The number of rotatable bonds is 4. The molecule has 0 saturated heterocycles. The van der Waals surface area contributed by atoms with Crippen LogP contribution in [0.1, 0.15) is 11.1 Å². The number of halogens is 3. The number of aryl methyl sites for hydroxylation is 1. The van der Waals surface area contributed by atoms with E-state index in [4.69, 9.17) is 0 Å². The standard InChI is InChI=1S/C18H13F3N2O2/c1-12-6-2-4-8-15(12)23-17(24)14(11-22)10-13-7-3-5-9-16(13)25-18(19,20)21/h2-10H,1H3,(H,23,24)/b14-10+. The van der Waals surface area contributed by atoms with Crippen LogP contribution in [0.4, 0.5) is 18.9 Å². The molecule has 0 aliphatic rings. The zero-order valence-corrected chi connectivity index (χ0v) is 13.1. The number of ether oxygens (including phenoxy) is 1. The lowest BCUT2D eigenvalue weighted by atomic mass is 10.1. The molecule has 2 aromatic carbocycles. The zero-order valence-electron chi connectivity index (χ0n) is 13.1. The number of carbonyl (C=O) groups is 1. The summed E-state index contributed by atoms with van der Waals surface area (Å²) < 4.78 is 41.2. The lowest BCUT2D eigenvalue weighted by Crippen LogP contribution is -2.18. The summed E-state index contributed by atoms with van der Waals surface area (Å²) >= 11 is 0. The molecule has 0 unspecified atom stereocenters. The fourth-order valence-corrected chi connectivity index (χ4v) is 2.02. The molecule has 0 heterocycles. The Balaban J connectivity index is 2.30. The fraction of sp³-hybridized carbons (Fsp3) is 0.111. The molecular weight excluding hydrogens is 333 g/mol. The van der Waals surface area contributed by atoms with Crippen molar-refractivity contribution in [2.75, 3.05) is 5.32 Å². The van der Waals surface area contributed by atoms with Crippen molar-refractivity contribution in [2.45, 2.75) is 13.3 Å². The van der Waals surface area contributed by atoms with Crippen LogP contribution in [-0.4, -0.2) is 12.3 Å². The van der Waals surface area contributed by atoms with Gasteiger partial charge in [-0.15, -0.1) is 13.2 Å². The van der Waals surface area contributed by atoms with Gasteiger partial charge in [-0.1, -0.05) is 36.4 Å². The average molecular weight is 346 g/mol. The van der Waals surface area contributed by atoms with E-state index in [0.717, 1.165) is 17.7 Å². The Morgan fingerprint density at radius 1 is 1.16 bits per heavy atom. The number of benzene rings is 2. The van der Waals surface area contributed by atoms with E-state index in [-0.39, 0.29) is 11.1 Å². The normalized spacial score (nSPS) is 11.6. The SMILES string of the molecule is Cc1ccccc1NC(=O)/C(C#N)=C/c1ccccc1OC(F)(F)F. The molecule has 0 bridgehead atoms. The summed E-state index contributed by atoms with van der Waals surface area (Å²) in [5.74, 6) is -1.22. The highest BCUT2D eigenvalue weighted by atomic mass is 19.4. The molecule has 0 atom stereocenters. The third kappa shape index (κ3) is 5.11. The predicted molar refractivity (Wildman–Crippen MR) is 86.5 cm³/mol. The Hall–Kier alpha value is -3.27. The second-order valence-corrected chi connectivity index (χ2v) is 5.02. The first kappa shape index (κ1) is 18.1. The van der Waals surface area contributed by atoms with Crippen molar-refractivity contribution in [3.05, 3.63) is 65.2 Å². The maximum atomic E-state index is 12.4. The van der Waals surface area contributed by atoms with Crippen LogP contribution in [0.2, 0.25) is 0 Å². The van der Waals surface area contributed by atoms with E-state index in [1.807, 2.05) is 0 Å². The molecular formula is C18H13F3N2O2. The molecule has 2 aromatic rings. The summed E-state index contributed by atoms with van der Waals surface area (Å²) in [5.41, 5.74) is 0.917. The van der Waals surface area contributed by atoms with E-state index in [9.17, 15) is 23.2 Å². The Morgan fingerprint density at radius 3 is 2.44 bits per heavy atom. The predicted octanol–water partition coefficient (Wildman–Crippen LogP) is 4.44. The number of para-hydroxylation sites is 2. The molecule has 0 aromatic heterocycles. The number of nitriles is 1. The van der Waals surface area contributed by atoms with Gasteiger partial charge >= 0.3 is 6.36 Å². The van der Waals surface area contributed by atoms with E-state index in [2.05, 4.69) is 10.1 Å². The summed E-state index contributed by atoms with van der Waals surface area (Å²) in [4.78, 5) is 12.2. The van der Waals surface area contributed by atoms with Crippen molar-refractivity contribution in [2.24, 2.45) is 0 Å². The van der Waals surface area contributed by atoms with Gasteiger partial charge in [-0.3, -0.25) is 4.79 Å². The number of amides is 1. The third-order valence-corrected chi connectivity index (χ3v) is 3.20. The van der Waals surface area contributed by atoms with Crippen LogP contribution in [0.15, 0.2) is 54.1 Å². The Morgan fingerprint density at radius 2 is 1.80 bits per heavy atom. The molecule has 0 spiro atoms. The van der Waals surface area contributed by atoms with Crippen LogP contribution in [0.3, 0.4) is 0 Å². The quantitative estimate of drug-likeness (QED) is 0.658. The second kappa shape index (κ2) is 7.53. The third-order valence-electron chi connectivity index (χ3n) is 3.20. The number of anilines is 1. The molecule has 0 aliphatic heterocycles. The molecule has 7 heteroatoms. The minimum atomic E-state index is -4.87. The van der Waals surface area contributed by atoms with Gasteiger partial charge in [0.25, 0.3) is 5.91 Å². The Labute approximate surface area is 142 Å². The van der Waals surface area contributed by atoms with Gasteiger partial charge in [0.05, 0.1) is 0 Å². The number of nitrogens with zero attached hydrogens (tertiary/aromatic N) is 1.